The molecule has 1 aliphatic carbocycles. The third kappa shape index (κ3) is 1.59. The van der Waals surface area contributed by atoms with E-state index in [2.05, 4.69) is 18.2 Å². The minimum absolute atomic E-state index is 0.785. The Kier molecular flexibility index (Phi) is 2.54. The second kappa shape index (κ2) is 3.23. The first-order valence-electron chi connectivity index (χ1n) is 2.56. The van der Waals surface area contributed by atoms with E-state index in [0.29, 0.717) is 0 Å². The van der Waals surface area contributed by atoms with Crippen LogP contribution >= 0.6 is 0 Å². The van der Waals surface area contributed by atoms with Crippen molar-refractivity contribution in [3.8, 4) is 0 Å². The Morgan fingerprint density at radius 3 is 3.12 bits per heavy atom. The van der Waals surface area contributed by atoms with Crippen molar-refractivity contribution < 1.29 is 24.1 Å². The molecule has 0 aromatic rings. The standard InChI is InChI=1S/C6H7O.Ti/c7-5-6-3-1-2-4-6;/h1-3H,4-5H2;/q-1;+1. The van der Waals surface area contributed by atoms with Gasteiger partial charge in [-0.15, -0.1) is 0 Å². The van der Waals surface area contributed by atoms with E-state index in [-0.39, 0.29) is 0 Å². The summed E-state index contributed by atoms with van der Waals surface area (Å²) >= 11 is 1.72. The van der Waals surface area contributed by atoms with Crippen molar-refractivity contribution in [2.24, 2.45) is 0 Å². The molecule has 1 nitrogen and oxygen atoms in total. The van der Waals surface area contributed by atoms with Crippen LogP contribution in [0, 0.1) is 0 Å². The van der Waals surface area contributed by atoms with Crippen molar-refractivity contribution >= 4 is 0 Å². The Morgan fingerprint density at radius 2 is 2.62 bits per heavy atom. The Morgan fingerprint density at radius 1 is 1.75 bits per heavy atom. The van der Waals surface area contributed by atoms with Crippen LogP contribution in [0.5, 0.6) is 0 Å². The van der Waals surface area contributed by atoms with Crippen LogP contribution in [-0.2, 0) is 24.1 Å². The fourth-order valence-electron chi connectivity index (χ4n) is 0.691. The zero-order chi connectivity index (χ0) is 5.82. The van der Waals surface area contributed by atoms with Crippen LogP contribution in [-0.4, -0.2) is 6.61 Å². The van der Waals surface area contributed by atoms with Gasteiger partial charge in [-0.2, -0.15) is 0 Å². The first-order chi connectivity index (χ1) is 3.93. The fraction of sp³-hybridized carbons (Fsp3) is 0.333. The maximum atomic E-state index is 4.92. The molecule has 0 aliphatic heterocycles. The molecule has 0 unspecified atom stereocenters. The van der Waals surface area contributed by atoms with Crippen LogP contribution in [0.4, 0.5) is 0 Å². The molecule has 0 fully saturated rings. The second-order valence-electron chi connectivity index (χ2n) is 1.75. The van der Waals surface area contributed by atoms with Crippen LogP contribution in [0.1, 0.15) is 6.42 Å². The summed E-state index contributed by atoms with van der Waals surface area (Å²) in [6.45, 7) is 0.785. The van der Waals surface area contributed by atoms with E-state index < -0.39 is 0 Å². The summed E-state index contributed by atoms with van der Waals surface area (Å²) in [5.74, 6) is 0. The number of allylic oxidation sites excluding steroid dienone is 3. The molecule has 0 radical (unpaired) electrons. The maximum absolute atomic E-state index is 4.92. The molecule has 2 heteroatoms. The molecular formula is C6H7OTi. The predicted octanol–water partition coefficient (Wildman–Crippen LogP) is 1.35. The van der Waals surface area contributed by atoms with Gasteiger partial charge in [-0.3, -0.25) is 0 Å². The van der Waals surface area contributed by atoms with Crippen LogP contribution < -0.4 is 0 Å². The molecule has 41 valence electrons. The Labute approximate surface area is 61.3 Å². The zero-order valence-corrected chi connectivity index (χ0v) is 6.12. The van der Waals surface area contributed by atoms with Crippen LogP contribution in [0.2, 0.25) is 0 Å². The molecule has 1 rings (SSSR count). The van der Waals surface area contributed by atoms with Crippen LogP contribution in [0.25, 0.3) is 0 Å². The molecule has 0 aromatic heterocycles. The number of rotatable bonds is 2. The van der Waals surface area contributed by atoms with Crippen molar-refractivity contribution in [2.75, 3.05) is 6.61 Å². The summed E-state index contributed by atoms with van der Waals surface area (Å²) < 4.78 is 4.92. The molecule has 8 heavy (non-hydrogen) atoms. The topological polar surface area (TPSA) is 9.23 Å². The van der Waals surface area contributed by atoms with Gasteiger partial charge in [0.05, 0.1) is 0 Å². The Bertz CT molecular complexity index is 126. The average molecular weight is 143 g/mol. The van der Waals surface area contributed by atoms with Crippen LogP contribution in [0.15, 0.2) is 23.8 Å². The summed E-state index contributed by atoms with van der Waals surface area (Å²) in [4.78, 5) is 0. The SMILES string of the molecule is [Ti][O]CC1=CC=CC1. The molecule has 0 heterocycles. The van der Waals surface area contributed by atoms with Gasteiger partial charge in [0, 0.05) is 0 Å². The molecule has 0 atom stereocenters. The van der Waals surface area contributed by atoms with E-state index in [9.17, 15) is 0 Å². The predicted molar refractivity (Wildman–Crippen MR) is 27.8 cm³/mol. The number of hydrogen-bond acceptors (Lipinski definition) is 1. The normalized spacial score (nSPS) is 16.6. The monoisotopic (exact) mass is 143 g/mol. The summed E-state index contributed by atoms with van der Waals surface area (Å²) in [6, 6.07) is 0. The molecule has 0 bridgehead atoms. The Balaban J connectivity index is 2.28. The summed E-state index contributed by atoms with van der Waals surface area (Å²) in [5.41, 5.74) is 1.37. The van der Waals surface area contributed by atoms with Gasteiger partial charge in [-0.05, 0) is 0 Å². The molecular weight excluding hydrogens is 136 g/mol. The first kappa shape index (κ1) is 6.28. The summed E-state index contributed by atoms with van der Waals surface area (Å²) in [5, 5.41) is 0. The molecule has 0 aromatic carbocycles. The van der Waals surface area contributed by atoms with Gasteiger partial charge >= 0.3 is 61.0 Å². The zero-order valence-electron chi connectivity index (χ0n) is 4.55. The van der Waals surface area contributed by atoms with Crippen molar-refractivity contribution in [1.29, 1.82) is 0 Å². The van der Waals surface area contributed by atoms with Crippen molar-refractivity contribution in [3.05, 3.63) is 23.8 Å². The second-order valence-corrected chi connectivity index (χ2v) is 2.20. The van der Waals surface area contributed by atoms with E-state index in [1.54, 1.807) is 20.8 Å². The summed E-state index contributed by atoms with van der Waals surface area (Å²) in [7, 11) is 0. The van der Waals surface area contributed by atoms with Gasteiger partial charge in [-0.25, -0.2) is 0 Å². The van der Waals surface area contributed by atoms with E-state index in [1.807, 2.05) is 0 Å². The molecule has 0 spiro atoms. The molecule has 1 aliphatic rings. The van der Waals surface area contributed by atoms with Crippen LogP contribution in [0.3, 0.4) is 0 Å². The minimum atomic E-state index is 0.785. The van der Waals surface area contributed by atoms with Gasteiger partial charge in [0.2, 0.25) is 0 Å². The summed E-state index contributed by atoms with van der Waals surface area (Å²) in [6.07, 6.45) is 7.38. The van der Waals surface area contributed by atoms with Crippen molar-refractivity contribution in [2.45, 2.75) is 6.42 Å². The van der Waals surface area contributed by atoms with Gasteiger partial charge in [0.25, 0.3) is 0 Å². The quantitative estimate of drug-likeness (QED) is 0.530. The van der Waals surface area contributed by atoms with Gasteiger partial charge < -0.3 is 0 Å². The first-order valence-corrected chi connectivity index (χ1v) is 3.20. The van der Waals surface area contributed by atoms with Crippen molar-refractivity contribution in [1.82, 2.24) is 0 Å². The van der Waals surface area contributed by atoms with E-state index >= 15 is 0 Å². The molecule has 0 amide bonds. The van der Waals surface area contributed by atoms with Gasteiger partial charge in [0.15, 0.2) is 0 Å². The average Bonchev–Trinajstić information content (AvgIpc) is 2.19. The number of hydrogen-bond donors (Lipinski definition) is 0. The fourth-order valence-corrected chi connectivity index (χ4v) is 0.981. The van der Waals surface area contributed by atoms with E-state index in [1.165, 1.54) is 5.57 Å². The van der Waals surface area contributed by atoms with Crippen molar-refractivity contribution in [3.63, 3.8) is 0 Å². The molecule has 0 N–H and O–H groups in total. The third-order valence-electron chi connectivity index (χ3n) is 1.11. The van der Waals surface area contributed by atoms with E-state index in [4.69, 9.17) is 3.32 Å². The van der Waals surface area contributed by atoms with Gasteiger partial charge in [0.1, 0.15) is 0 Å². The van der Waals surface area contributed by atoms with E-state index in [0.717, 1.165) is 13.0 Å². The van der Waals surface area contributed by atoms with Gasteiger partial charge in [-0.1, -0.05) is 0 Å². The molecule has 0 saturated carbocycles. The Hall–Kier alpha value is 0.154. The third-order valence-corrected chi connectivity index (χ3v) is 1.33. The molecule has 0 saturated heterocycles.